The van der Waals surface area contributed by atoms with Gasteiger partial charge in [0.1, 0.15) is 17.3 Å². The minimum absolute atomic E-state index is 0.436. The Morgan fingerprint density at radius 2 is 1.67 bits per heavy atom. The molecule has 0 N–H and O–H groups in total. The maximum atomic E-state index is 2.41. The first-order chi connectivity index (χ1) is 7.07. The van der Waals surface area contributed by atoms with Gasteiger partial charge in [0, 0.05) is 0 Å². The molecule has 1 heteroatoms. The molecule has 86 valence electrons. The van der Waals surface area contributed by atoms with Crippen LogP contribution >= 0.6 is 0 Å². The molecular weight excluding hydrogens is 200 g/mol. The normalized spacial score (nSPS) is 23.0. The first-order valence-electron chi connectivity index (χ1n) is 6.43. The van der Waals surface area contributed by atoms with Gasteiger partial charge in [0.15, 0.2) is 0 Å². The van der Waals surface area contributed by atoms with E-state index in [-0.39, 0.29) is 0 Å². The van der Waals surface area contributed by atoms with Crippen LogP contribution in [0.5, 0.6) is 0 Å². The van der Waals surface area contributed by atoms with Crippen LogP contribution in [0, 0.1) is 5.41 Å². The third-order valence-electron chi connectivity index (χ3n) is 3.75. The van der Waals surface area contributed by atoms with E-state index in [2.05, 4.69) is 20.8 Å². The van der Waals surface area contributed by atoms with Crippen molar-refractivity contribution >= 4 is 10.9 Å². The van der Waals surface area contributed by atoms with E-state index in [1.807, 2.05) is 11.1 Å². The molecule has 1 aliphatic carbocycles. The van der Waals surface area contributed by atoms with Crippen molar-refractivity contribution in [2.75, 3.05) is 17.3 Å². The van der Waals surface area contributed by atoms with Crippen molar-refractivity contribution in [2.45, 2.75) is 52.9 Å². The average Bonchev–Trinajstić information content (AvgIpc) is 2.50. The number of hydrogen-bond acceptors (Lipinski definition) is 0. The molecule has 1 aliphatic heterocycles. The van der Waals surface area contributed by atoms with Crippen molar-refractivity contribution in [3.05, 3.63) is 11.1 Å². The molecular formula is C14H25S+. The average molecular weight is 225 g/mol. The van der Waals surface area contributed by atoms with Crippen molar-refractivity contribution in [3.63, 3.8) is 0 Å². The molecule has 0 aromatic heterocycles. The molecule has 0 spiro atoms. The van der Waals surface area contributed by atoms with Crippen LogP contribution in [0.25, 0.3) is 0 Å². The van der Waals surface area contributed by atoms with E-state index in [4.69, 9.17) is 0 Å². The molecule has 0 unspecified atom stereocenters. The van der Waals surface area contributed by atoms with E-state index < -0.39 is 0 Å². The highest BCUT2D eigenvalue weighted by molar-refractivity contribution is 7.97. The summed E-state index contributed by atoms with van der Waals surface area (Å²) in [5.41, 5.74) is 4.09. The number of hydrogen-bond donors (Lipinski definition) is 0. The Hall–Kier alpha value is 0.0900. The quantitative estimate of drug-likeness (QED) is 0.493. The second-order valence-electron chi connectivity index (χ2n) is 6.06. The molecule has 2 aliphatic rings. The maximum Gasteiger partial charge on any atom is 0.130 e. The SMILES string of the molecule is CC(C)(C)C(C[S+]1CCCC1)=C1CCC1. The predicted molar refractivity (Wildman–Crippen MR) is 71.5 cm³/mol. The fourth-order valence-corrected chi connectivity index (χ4v) is 5.33. The van der Waals surface area contributed by atoms with E-state index in [9.17, 15) is 0 Å². The fraction of sp³-hybridized carbons (Fsp3) is 0.857. The summed E-state index contributed by atoms with van der Waals surface area (Å²) >= 11 is 0. The molecule has 0 atom stereocenters. The molecule has 1 saturated carbocycles. The molecule has 1 saturated heterocycles. The molecule has 1 heterocycles. The van der Waals surface area contributed by atoms with Gasteiger partial charge in [-0.05, 0) is 54.0 Å². The van der Waals surface area contributed by atoms with Crippen molar-refractivity contribution in [3.8, 4) is 0 Å². The minimum Gasteiger partial charge on any atom is -0.0658 e. The van der Waals surface area contributed by atoms with Crippen LogP contribution in [0.2, 0.25) is 0 Å². The van der Waals surface area contributed by atoms with Gasteiger partial charge in [-0.2, -0.15) is 0 Å². The lowest BCUT2D eigenvalue weighted by molar-refractivity contribution is 0.479. The van der Waals surface area contributed by atoms with Crippen LogP contribution in [0.1, 0.15) is 52.9 Å². The topological polar surface area (TPSA) is 0 Å². The van der Waals surface area contributed by atoms with Crippen LogP contribution in [0.4, 0.5) is 0 Å². The van der Waals surface area contributed by atoms with Crippen LogP contribution < -0.4 is 0 Å². The van der Waals surface area contributed by atoms with Gasteiger partial charge in [-0.3, -0.25) is 0 Å². The van der Waals surface area contributed by atoms with Gasteiger partial charge in [-0.25, -0.2) is 0 Å². The first-order valence-corrected chi connectivity index (χ1v) is 8.16. The standard InChI is InChI=1S/C14H25S/c1-14(2,3)13(12-7-6-8-12)11-15-9-4-5-10-15/h4-11H2,1-3H3/q+1. The Morgan fingerprint density at radius 3 is 2.07 bits per heavy atom. The van der Waals surface area contributed by atoms with E-state index in [0.29, 0.717) is 5.41 Å². The molecule has 0 amide bonds. The second-order valence-corrected chi connectivity index (χ2v) is 8.39. The van der Waals surface area contributed by atoms with Crippen molar-refractivity contribution in [2.24, 2.45) is 5.41 Å². The van der Waals surface area contributed by atoms with Gasteiger partial charge in [-0.1, -0.05) is 26.3 Å². The van der Waals surface area contributed by atoms with Crippen LogP contribution in [0.15, 0.2) is 11.1 Å². The summed E-state index contributed by atoms with van der Waals surface area (Å²) < 4.78 is 0. The molecule has 0 bridgehead atoms. The summed E-state index contributed by atoms with van der Waals surface area (Å²) in [5.74, 6) is 4.48. The number of rotatable bonds is 2. The van der Waals surface area contributed by atoms with E-state index in [1.54, 1.807) is 0 Å². The molecule has 0 aromatic carbocycles. The summed E-state index contributed by atoms with van der Waals surface area (Å²) in [6.07, 6.45) is 7.25. The summed E-state index contributed by atoms with van der Waals surface area (Å²) in [4.78, 5) is 0. The Morgan fingerprint density at radius 1 is 1.07 bits per heavy atom. The van der Waals surface area contributed by atoms with Gasteiger partial charge in [-0.15, -0.1) is 0 Å². The monoisotopic (exact) mass is 225 g/mol. The Kier molecular flexibility index (Phi) is 3.49. The van der Waals surface area contributed by atoms with Crippen LogP contribution in [-0.4, -0.2) is 17.3 Å². The Bertz CT molecular complexity index is 245. The molecule has 0 nitrogen and oxygen atoms in total. The molecule has 2 fully saturated rings. The summed E-state index contributed by atoms with van der Waals surface area (Å²) in [6.45, 7) is 7.23. The second kappa shape index (κ2) is 4.53. The molecule has 15 heavy (non-hydrogen) atoms. The Labute approximate surface area is 97.9 Å². The molecule has 0 radical (unpaired) electrons. The first kappa shape index (κ1) is 11.6. The van der Waals surface area contributed by atoms with Crippen LogP contribution in [0.3, 0.4) is 0 Å². The zero-order valence-corrected chi connectivity index (χ0v) is 11.4. The highest BCUT2D eigenvalue weighted by Crippen LogP contribution is 2.39. The zero-order chi connectivity index (χ0) is 10.9. The predicted octanol–water partition coefficient (Wildman–Crippen LogP) is 3.93. The molecule has 2 rings (SSSR count). The van der Waals surface area contributed by atoms with Gasteiger partial charge in [0.05, 0.1) is 0 Å². The smallest absolute Gasteiger partial charge is 0.0658 e. The van der Waals surface area contributed by atoms with Crippen molar-refractivity contribution in [1.29, 1.82) is 0 Å². The summed E-state index contributed by atoms with van der Waals surface area (Å²) in [6, 6.07) is 0. The highest BCUT2D eigenvalue weighted by Gasteiger charge is 2.32. The fourth-order valence-electron chi connectivity index (χ4n) is 2.57. The lowest BCUT2D eigenvalue weighted by atomic mass is 9.77. The van der Waals surface area contributed by atoms with E-state index in [1.165, 1.54) is 49.4 Å². The molecule has 0 aromatic rings. The maximum absolute atomic E-state index is 2.41. The van der Waals surface area contributed by atoms with Gasteiger partial charge in [0.25, 0.3) is 0 Å². The zero-order valence-electron chi connectivity index (χ0n) is 10.6. The third kappa shape index (κ3) is 2.81. The summed E-state index contributed by atoms with van der Waals surface area (Å²) in [5, 5.41) is 0. The number of allylic oxidation sites excluding steroid dienone is 1. The lowest BCUT2D eigenvalue weighted by Gasteiger charge is -2.30. The lowest BCUT2D eigenvalue weighted by Crippen LogP contribution is -2.23. The van der Waals surface area contributed by atoms with Crippen LogP contribution in [-0.2, 0) is 10.9 Å². The van der Waals surface area contributed by atoms with Gasteiger partial charge < -0.3 is 0 Å². The van der Waals surface area contributed by atoms with E-state index in [0.717, 1.165) is 10.9 Å². The third-order valence-corrected chi connectivity index (χ3v) is 6.18. The van der Waals surface area contributed by atoms with Crippen molar-refractivity contribution in [1.82, 2.24) is 0 Å². The van der Waals surface area contributed by atoms with Gasteiger partial charge in [0.2, 0.25) is 0 Å². The highest BCUT2D eigenvalue weighted by atomic mass is 32.2. The minimum atomic E-state index is 0.436. The van der Waals surface area contributed by atoms with Crippen molar-refractivity contribution < 1.29 is 0 Å². The summed E-state index contributed by atoms with van der Waals surface area (Å²) in [7, 11) is 0.750. The van der Waals surface area contributed by atoms with E-state index >= 15 is 0 Å². The largest absolute Gasteiger partial charge is 0.130 e. The van der Waals surface area contributed by atoms with Gasteiger partial charge >= 0.3 is 0 Å². The Balaban J connectivity index is 2.06.